The molecule has 1 atom stereocenters. The molecule has 0 aliphatic carbocycles. The van der Waals surface area contributed by atoms with Crippen molar-refractivity contribution in [1.29, 1.82) is 0 Å². The van der Waals surface area contributed by atoms with Crippen molar-refractivity contribution >= 4 is 5.91 Å². The maximum atomic E-state index is 13.9. The largest absolute Gasteiger partial charge is 0.496 e. The van der Waals surface area contributed by atoms with Gasteiger partial charge in [-0.2, -0.15) is 0 Å². The summed E-state index contributed by atoms with van der Waals surface area (Å²) in [4.78, 5) is 14.0. The van der Waals surface area contributed by atoms with Gasteiger partial charge in [0.2, 0.25) is 0 Å². The number of ether oxygens (including phenoxy) is 1. The minimum absolute atomic E-state index is 0.0175. The van der Waals surface area contributed by atoms with E-state index in [1.54, 1.807) is 11.0 Å². The highest BCUT2D eigenvalue weighted by Crippen LogP contribution is 2.23. The molecular formula is C14H21FN2O2. The third-order valence-corrected chi connectivity index (χ3v) is 3.01. The monoisotopic (exact) mass is 268 g/mol. The third-order valence-electron chi connectivity index (χ3n) is 3.01. The van der Waals surface area contributed by atoms with E-state index in [1.807, 2.05) is 13.8 Å². The third kappa shape index (κ3) is 3.67. The summed E-state index contributed by atoms with van der Waals surface area (Å²) in [5, 5.41) is 0. The van der Waals surface area contributed by atoms with Crippen molar-refractivity contribution in [1.82, 2.24) is 4.90 Å². The van der Waals surface area contributed by atoms with Crippen LogP contribution in [0.1, 0.15) is 24.2 Å². The molecule has 0 fully saturated rings. The van der Waals surface area contributed by atoms with Crippen molar-refractivity contribution in [2.75, 3.05) is 26.7 Å². The van der Waals surface area contributed by atoms with Crippen molar-refractivity contribution in [3.63, 3.8) is 0 Å². The molecule has 1 unspecified atom stereocenters. The number of carbonyl (C=O) groups is 1. The lowest BCUT2D eigenvalue weighted by Crippen LogP contribution is -2.37. The summed E-state index contributed by atoms with van der Waals surface area (Å²) in [6.07, 6.45) is 0. The number of benzene rings is 1. The molecule has 0 bridgehead atoms. The summed E-state index contributed by atoms with van der Waals surface area (Å²) < 4.78 is 18.9. The molecular weight excluding hydrogens is 247 g/mol. The van der Waals surface area contributed by atoms with E-state index in [-0.39, 0.29) is 23.1 Å². The number of rotatable bonds is 6. The molecule has 0 radical (unpaired) electrons. The number of carbonyl (C=O) groups excluding carboxylic acids is 1. The second-order valence-corrected chi connectivity index (χ2v) is 4.50. The second-order valence-electron chi connectivity index (χ2n) is 4.50. The number of nitrogens with zero attached hydrogens (tertiary/aromatic N) is 1. The molecule has 4 nitrogen and oxygen atoms in total. The minimum atomic E-state index is -0.566. The van der Waals surface area contributed by atoms with Crippen molar-refractivity contribution < 1.29 is 13.9 Å². The van der Waals surface area contributed by atoms with E-state index in [0.717, 1.165) is 0 Å². The first-order chi connectivity index (χ1) is 9.04. The molecule has 2 N–H and O–H groups in total. The van der Waals surface area contributed by atoms with E-state index in [1.165, 1.54) is 19.2 Å². The van der Waals surface area contributed by atoms with Crippen LogP contribution in [0.2, 0.25) is 0 Å². The van der Waals surface area contributed by atoms with Gasteiger partial charge in [-0.25, -0.2) is 4.39 Å². The highest BCUT2D eigenvalue weighted by atomic mass is 19.1. The molecule has 19 heavy (non-hydrogen) atoms. The van der Waals surface area contributed by atoms with Gasteiger partial charge in [0, 0.05) is 13.1 Å². The summed E-state index contributed by atoms with van der Waals surface area (Å²) in [7, 11) is 1.42. The van der Waals surface area contributed by atoms with E-state index in [0.29, 0.717) is 19.6 Å². The fourth-order valence-electron chi connectivity index (χ4n) is 1.85. The van der Waals surface area contributed by atoms with Crippen molar-refractivity contribution in [2.24, 2.45) is 11.7 Å². The number of nitrogens with two attached hydrogens (primary N) is 1. The van der Waals surface area contributed by atoms with E-state index in [2.05, 4.69) is 0 Å². The summed E-state index contributed by atoms with van der Waals surface area (Å²) in [5.41, 5.74) is 5.55. The van der Waals surface area contributed by atoms with Crippen LogP contribution in [0.15, 0.2) is 18.2 Å². The zero-order valence-corrected chi connectivity index (χ0v) is 11.6. The maximum absolute atomic E-state index is 13.9. The molecule has 1 amide bonds. The van der Waals surface area contributed by atoms with Crippen LogP contribution in [-0.4, -0.2) is 37.6 Å². The van der Waals surface area contributed by atoms with Crippen LogP contribution >= 0.6 is 0 Å². The van der Waals surface area contributed by atoms with Crippen molar-refractivity contribution in [3.8, 4) is 5.75 Å². The normalized spacial score (nSPS) is 12.1. The Bertz CT molecular complexity index is 437. The summed E-state index contributed by atoms with van der Waals surface area (Å²) in [5.74, 6) is -0.508. The van der Waals surface area contributed by atoms with E-state index < -0.39 is 5.82 Å². The van der Waals surface area contributed by atoms with Gasteiger partial charge in [-0.1, -0.05) is 13.0 Å². The number of hydrogen-bond acceptors (Lipinski definition) is 3. The number of methoxy groups -OCH3 is 1. The Hall–Kier alpha value is -1.62. The smallest absolute Gasteiger partial charge is 0.260 e. The molecule has 0 saturated heterocycles. The summed E-state index contributed by atoms with van der Waals surface area (Å²) in [6.45, 7) is 5.30. The lowest BCUT2D eigenvalue weighted by molar-refractivity contribution is 0.0735. The van der Waals surface area contributed by atoms with Gasteiger partial charge >= 0.3 is 0 Å². The lowest BCUT2D eigenvalue weighted by Gasteiger charge is -2.25. The first-order valence-corrected chi connectivity index (χ1v) is 6.36. The zero-order valence-electron chi connectivity index (χ0n) is 11.6. The first kappa shape index (κ1) is 15.4. The Morgan fingerprint density at radius 1 is 1.53 bits per heavy atom. The van der Waals surface area contributed by atoms with Crippen LogP contribution in [0.4, 0.5) is 4.39 Å². The van der Waals surface area contributed by atoms with Gasteiger partial charge < -0.3 is 15.4 Å². The summed E-state index contributed by atoms with van der Waals surface area (Å²) in [6, 6.07) is 4.36. The van der Waals surface area contributed by atoms with Gasteiger partial charge in [0.25, 0.3) is 5.91 Å². The van der Waals surface area contributed by atoms with Crippen LogP contribution in [0.5, 0.6) is 5.75 Å². The Labute approximate surface area is 113 Å². The van der Waals surface area contributed by atoms with Crippen LogP contribution in [0.25, 0.3) is 0 Å². The molecule has 1 rings (SSSR count). The van der Waals surface area contributed by atoms with E-state index in [4.69, 9.17) is 10.5 Å². The second kappa shape index (κ2) is 7.09. The highest BCUT2D eigenvalue weighted by Gasteiger charge is 2.23. The predicted molar refractivity (Wildman–Crippen MR) is 72.7 cm³/mol. The fourth-order valence-corrected chi connectivity index (χ4v) is 1.85. The van der Waals surface area contributed by atoms with Gasteiger partial charge in [0.05, 0.1) is 7.11 Å². The average molecular weight is 268 g/mol. The molecule has 0 spiro atoms. The van der Waals surface area contributed by atoms with Gasteiger partial charge in [0.1, 0.15) is 17.1 Å². The fraction of sp³-hybridized carbons (Fsp3) is 0.500. The van der Waals surface area contributed by atoms with Crippen LogP contribution in [0.3, 0.4) is 0 Å². The molecule has 0 aliphatic rings. The van der Waals surface area contributed by atoms with Gasteiger partial charge in [0.15, 0.2) is 0 Å². The molecule has 1 aromatic carbocycles. The van der Waals surface area contributed by atoms with E-state index in [9.17, 15) is 9.18 Å². The van der Waals surface area contributed by atoms with Gasteiger partial charge in [-0.05, 0) is 31.5 Å². The average Bonchev–Trinajstić information content (AvgIpc) is 2.43. The maximum Gasteiger partial charge on any atom is 0.260 e. The molecule has 0 heterocycles. The topological polar surface area (TPSA) is 55.6 Å². The molecule has 0 aliphatic heterocycles. The Kier molecular flexibility index (Phi) is 5.76. The van der Waals surface area contributed by atoms with Gasteiger partial charge in [-0.3, -0.25) is 4.79 Å². The summed E-state index contributed by atoms with van der Waals surface area (Å²) >= 11 is 0. The minimum Gasteiger partial charge on any atom is -0.496 e. The highest BCUT2D eigenvalue weighted by molar-refractivity contribution is 5.97. The van der Waals surface area contributed by atoms with E-state index >= 15 is 0 Å². The molecule has 0 aromatic heterocycles. The predicted octanol–water partition coefficient (Wildman–Crippen LogP) is 1.89. The van der Waals surface area contributed by atoms with Crippen molar-refractivity contribution in [2.45, 2.75) is 13.8 Å². The Morgan fingerprint density at radius 3 is 2.74 bits per heavy atom. The van der Waals surface area contributed by atoms with Crippen LogP contribution in [-0.2, 0) is 0 Å². The number of hydrogen-bond donors (Lipinski definition) is 1. The first-order valence-electron chi connectivity index (χ1n) is 6.36. The van der Waals surface area contributed by atoms with Crippen LogP contribution < -0.4 is 10.5 Å². The van der Waals surface area contributed by atoms with Gasteiger partial charge in [-0.15, -0.1) is 0 Å². The number of halogens is 1. The quantitative estimate of drug-likeness (QED) is 0.857. The number of amides is 1. The Balaban J connectivity index is 3.03. The van der Waals surface area contributed by atoms with Crippen molar-refractivity contribution in [3.05, 3.63) is 29.6 Å². The van der Waals surface area contributed by atoms with Crippen LogP contribution in [0, 0.1) is 11.7 Å². The zero-order chi connectivity index (χ0) is 14.4. The lowest BCUT2D eigenvalue weighted by atomic mass is 10.1. The molecule has 106 valence electrons. The Morgan fingerprint density at radius 2 is 2.21 bits per heavy atom. The molecule has 1 aromatic rings. The standard InChI is InChI=1S/C14H21FN2O2/c1-4-17(9-10(2)8-16)14(18)13-11(15)6-5-7-12(13)19-3/h5-7,10H,4,8-9,16H2,1-3H3. The molecule has 5 heteroatoms. The molecule has 0 saturated carbocycles. The SMILES string of the molecule is CCN(CC(C)CN)C(=O)c1c(F)cccc1OC.